The minimum Gasteiger partial charge on any atom is -0.431 e. The van der Waals surface area contributed by atoms with E-state index in [4.69, 9.17) is 13.9 Å². The largest absolute Gasteiger partial charge is 0.431 e. The smallest absolute Gasteiger partial charge is 0.257 e. The number of aromatic nitrogens is 2. The summed E-state index contributed by atoms with van der Waals surface area (Å²) < 4.78 is 11.1. The lowest BCUT2D eigenvalue weighted by Gasteiger charge is -2.10. The van der Waals surface area contributed by atoms with Crippen LogP contribution in [0.1, 0.15) is 19.1 Å². The Morgan fingerprint density at radius 1 is 1.07 bits per heavy atom. The van der Waals surface area contributed by atoms with E-state index < -0.39 is 0 Å². The highest BCUT2D eigenvalue weighted by Gasteiger charge is 2.24. The summed E-state index contributed by atoms with van der Waals surface area (Å²) in [4.78, 5) is 17.4. The zero-order chi connectivity index (χ0) is 20.9. The summed E-state index contributed by atoms with van der Waals surface area (Å²) in [6.45, 7) is 3.72. The Bertz CT molecular complexity index is 1070. The molecular formula is C23H21N3O3S. The molecule has 0 bridgehead atoms. The van der Waals surface area contributed by atoms with Crippen molar-refractivity contribution >= 4 is 23.5 Å². The number of nitrogens with one attached hydrogen (secondary N) is 1. The molecule has 2 heterocycles. The second-order valence-corrected chi connectivity index (χ2v) is 7.87. The molecule has 1 N–H and O–H groups in total. The topological polar surface area (TPSA) is 81.2 Å². The van der Waals surface area contributed by atoms with Gasteiger partial charge in [-0.3, -0.25) is 4.79 Å². The number of hydrogen-bond acceptors (Lipinski definition) is 6. The Kier molecular flexibility index (Phi) is 5.99. The third-order valence-electron chi connectivity index (χ3n) is 4.48. The van der Waals surface area contributed by atoms with Gasteiger partial charge in [0.1, 0.15) is 11.5 Å². The maximum Gasteiger partial charge on any atom is 0.257 e. The van der Waals surface area contributed by atoms with Gasteiger partial charge in [-0.2, -0.15) is 0 Å². The number of carbonyl (C=O) groups excluding carboxylic acids is 1. The SMILES string of the molecule is CCC(Sc1nc(-c2ccccc2)c(-c2ccccc2)o1)C(=O)Nc1cc(C)on1. The fourth-order valence-electron chi connectivity index (χ4n) is 3.00. The average molecular weight is 420 g/mol. The summed E-state index contributed by atoms with van der Waals surface area (Å²) in [5, 5.41) is 6.67. The first kappa shape index (κ1) is 20.0. The Morgan fingerprint density at radius 2 is 1.73 bits per heavy atom. The van der Waals surface area contributed by atoms with Gasteiger partial charge in [-0.15, -0.1) is 0 Å². The molecule has 1 unspecified atom stereocenters. The Labute approximate surface area is 178 Å². The van der Waals surface area contributed by atoms with E-state index in [1.807, 2.05) is 67.6 Å². The molecule has 4 aromatic rings. The van der Waals surface area contributed by atoms with Gasteiger partial charge in [-0.1, -0.05) is 84.5 Å². The normalized spacial score (nSPS) is 11.9. The molecule has 0 saturated carbocycles. The molecule has 1 amide bonds. The summed E-state index contributed by atoms with van der Waals surface area (Å²) in [7, 11) is 0. The van der Waals surface area contributed by atoms with Gasteiger partial charge in [-0.05, 0) is 13.3 Å². The average Bonchev–Trinajstić information content (AvgIpc) is 3.39. The first-order valence-corrected chi connectivity index (χ1v) is 10.5. The van der Waals surface area contributed by atoms with Crippen LogP contribution in [0.2, 0.25) is 0 Å². The predicted octanol–water partition coefficient (Wildman–Crippen LogP) is 5.81. The number of oxazole rings is 1. The monoisotopic (exact) mass is 419 g/mol. The molecule has 0 aliphatic carbocycles. The zero-order valence-corrected chi connectivity index (χ0v) is 17.5. The van der Waals surface area contributed by atoms with Gasteiger partial charge in [-0.25, -0.2) is 4.98 Å². The van der Waals surface area contributed by atoms with Crippen LogP contribution in [0, 0.1) is 6.92 Å². The van der Waals surface area contributed by atoms with E-state index in [1.54, 1.807) is 13.0 Å². The van der Waals surface area contributed by atoms with Gasteiger partial charge in [0.15, 0.2) is 11.6 Å². The van der Waals surface area contributed by atoms with Crippen molar-refractivity contribution in [3.8, 4) is 22.6 Å². The number of carbonyl (C=O) groups is 1. The fourth-order valence-corrected chi connectivity index (χ4v) is 3.86. The third kappa shape index (κ3) is 4.46. The molecule has 7 heteroatoms. The molecule has 30 heavy (non-hydrogen) atoms. The van der Waals surface area contributed by atoms with Crippen LogP contribution in [0.15, 0.2) is 80.9 Å². The molecule has 0 fully saturated rings. The van der Waals surface area contributed by atoms with Crippen LogP contribution in [0.3, 0.4) is 0 Å². The molecule has 0 aliphatic rings. The van der Waals surface area contributed by atoms with Gasteiger partial charge < -0.3 is 14.3 Å². The summed E-state index contributed by atoms with van der Waals surface area (Å²) in [6, 6.07) is 21.4. The maximum absolute atomic E-state index is 12.7. The van der Waals surface area contributed by atoms with Crippen molar-refractivity contribution in [2.45, 2.75) is 30.7 Å². The lowest BCUT2D eigenvalue weighted by molar-refractivity contribution is -0.115. The Morgan fingerprint density at radius 3 is 2.33 bits per heavy atom. The number of anilines is 1. The summed E-state index contributed by atoms with van der Waals surface area (Å²) in [5.74, 6) is 1.56. The number of amides is 1. The van der Waals surface area contributed by atoms with E-state index in [-0.39, 0.29) is 11.2 Å². The van der Waals surface area contributed by atoms with Crippen LogP contribution in [0.25, 0.3) is 22.6 Å². The molecular weight excluding hydrogens is 398 g/mol. The van der Waals surface area contributed by atoms with Crippen molar-refractivity contribution in [1.82, 2.24) is 10.1 Å². The Balaban J connectivity index is 1.62. The van der Waals surface area contributed by atoms with E-state index in [9.17, 15) is 4.79 Å². The molecule has 6 nitrogen and oxygen atoms in total. The summed E-state index contributed by atoms with van der Waals surface area (Å²) in [5.41, 5.74) is 2.65. The Hall–Kier alpha value is -3.32. The van der Waals surface area contributed by atoms with Crippen LogP contribution in [-0.4, -0.2) is 21.3 Å². The van der Waals surface area contributed by atoms with Crippen LogP contribution in [-0.2, 0) is 4.79 Å². The number of thioether (sulfide) groups is 1. The number of rotatable bonds is 7. The minimum atomic E-state index is -0.382. The number of aryl methyl sites for hydroxylation is 1. The van der Waals surface area contributed by atoms with E-state index in [0.29, 0.717) is 29.0 Å². The summed E-state index contributed by atoms with van der Waals surface area (Å²) in [6.07, 6.45) is 0.608. The molecule has 152 valence electrons. The van der Waals surface area contributed by atoms with E-state index in [1.165, 1.54) is 11.8 Å². The highest BCUT2D eigenvalue weighted by molar-refractivity contribution is 8.00. The van der Waals surface area contributed by atoms with E-state index in [0.717, 1.165) is 16.8 Å². The van der Waals surface area contributed by atoms with Gasteiger partial charge in [0, 0.05) is 17.2 Å². The molecule has 0 saturated heterocycles. The van der Waals surface area contributed by atoms with Gasteiger partial charge in [0.05, 0.1) is 5.25 Å². The van der Waals surface area contributed by atoms with Crippen LogP contribution >= 0.6 is 11.8 Å². The van der Waals surface area contributed by atoms with Crippen molar-refractivity contribution in [3.05, 3.63) is 72.5 Å². The van der Waals surface area contributed by atoms with Crippen molar-refractivity contribution in [3.63, 3.8) is 0 Å². The van der Waals surface area contributed by atoms with Crippen LogP contribution in [0.5, 0.6) is 0 Å². The van der Waals surface area contributed by atoms with Crippen LogP contribution in [0.4, 0.5) is 5.82 Å². The zero-order valence-electron chi connectivity index (χ0n) is 16.7. The molecule has 2 aromatic carbocycles. The van der Waals surface area contributed by atoms with E-state index in [2.05, 4.69) is 10.5 Å². The molecule has 2 aromatic heterocycles. The van der Waals surface area contributed by atoms with E-state index >= 15 is 0 Å². The van der Waals surface area contributed by atoms with Gasteiger partial charge >= 0.3 is 0 Å². The first-order chi connectivity index (χ1) is 14.6. The second-order valence-electron chi connectivity index (χ2n) is 6.72. The van der Waals surface area contributed by atoms with Gasteiger partial charge in [0.2, 0.25) is 5.91 Å². The number of nitrogens with zero attached hydrogens (tertiary/aromatic N) is 2. The third-order valence-corrected chi connectivity index (χ3v) is 5.68. The first-order valence-electron chi connectivity index (χ1n) is 9.66. The highest BCUT2D eigenvalue weighted by atomic mass is 32.2. The molecule has 1 atom stereocenters. The molecule has 0 radical (unpaired) electrons. The van der Waals surface area contributed by atoms with Crippen molar-refractivity contribution in [2.24, 2.45) is 0 Å². The lowest BCUT2D eigenvalue weighted by Crippen LogP contribution is -2.24. The standard InChI is InChI=1S/C23H21N3O3S/c1-3-18(22(27)24-19-14-15(2)29-26-19)30-23-25-20(16-10-6-4-7-11-16)21(28-23)17-12-8-5-9-13-17/h4-14,18H,3H2,1-2H3,(H,24,26,27). The minimum absolute atomic E-state index is 0.170. The highest BCUT2D eigenvalue weighted by Crippen LogP contribution is 2.37. The van der Waals surface area contributed by atoms with Crippen molar-refractivity contribution < 1.29 is 13.7 Å². The number of benzene rings is 2. The fraction of sp³-hybridized carbons (Fsp3) is 0.174. The molecule has 0 aliphatic heterocycles. The van der Waals surface area contributed by atoms with Gasteiger partial charge in [0.25, 0.3) is 5.22 Å². The molecule has 4 rings (SSSR count). The quantitative estimate of drug-likeness (QED) is 0.381. The lowest BCUT2D eigenvalue weighted by atomic mass is 10.1. The van der Waals surface area contributed by atoms with Crippen LogP contribution < -0.4 is 5.32 Å². The van der Waals surface area contributed by atoms with Crippen molar-refractivity contribution in [2.75, 3.05) is 5.32 Å². The molecule has 0 spiro atoms. The maximum atomic E-state index is 12.7. The summed E-state index contributed by atoms with van der Waals surface area (Å²) >= 11 is 1.30. The second kappa shape index (κ2) is 9.00. The number of hydrogen-bond donors (Lipinski definition) is 1. The van der Waals surface area contributed by atoms with Crippen molar-refractivity contribution in [1.29, 1.82) is 0 Å². The predicted molar refractivity (Wildman–Crippen MR) is 117 cm³/mol.